The predicted molar refractivity (Wildman–Crippen MR) is 79.6 cm³/mol. The van der Waals surface area contributed by atoms with E-state index in [-0.39, 0.29) is 5.41 Å². The molecule has 19 heavy (non-hydrogen) atoms. The molecule has 0 aliphatic rings. The summed E-state index contributed by atoms with van der Waals surface area (Å²) in [4.78, 5) is 4.34. The Bertz CT molecular complexity index is 389. The van der Waals surface area contributed by atoms with Crippen molar-refractivity contribution in [3.05, 3.63) is 16.6 Å². The zero-order chi connectivity index (χ0) is 14.3. The number of hydrogen-bond acceptors (Lipinski definition) is 5. The van der Waals surface area contributed by atoms with Crippen molar-refractivity contribution in [2.24, 2.45) is 16.3 Å². The predicted octanol–water partition coefficient (Wildman–Crippen LogP) is 2.74. The third-order valence-corrected chi connectivity index (χ3v) is 4.22. The van der Waals surface area contributed by atoms with Crippen molar-refractivity contribution in [1.82, 2.24) is 10.3 Å². The molecule has 1 aromatic heterocycles. The van der Waals surface area contributed by atoms with Gasteiger partial charge in [0, 0.05) is 17.0 Å². The van der Waals surface area contributed by atoms with Crippen LogP contribution in [-0.4, -0.2) is 22.6 Å². The SMILES string of the molecule is CCC(NCCCC(C)(C)C(N)=NO)c1nccs1. The Kier molecular flexibility index (Phi) is 6.24. The van der Waals surface area contributed by atoms with Gasteiger partial charge >= 0.3 is 0 Å². The van der Waals surface area contributed by atoms with E-state index in [0.717, 1.165) is 30.8 Å². The smallest absolute Gasteiger partial charge is 0.144 e. The second kappa shape index (κ2) is 7.45. The van der Waals surface area contributed by atoms with Crippen LogP contribution in [0.3, 0.4) is 0 Å². The molecule has 1 aromatic rings. The first-order valence-electron chi connectivity index (χ1n) is 6.62. The molecule has 1 unspecified atom stereocenters. The third kappa shape index (κ3) is 4.80. The second-order valence-electron chi connectivity index (χ2n) is 5.26. The van der Waals surface area contributed by atoms with Gasteiger partial charge in [-0.05, 0) is 25.8 Å². The Morgan fingerprint density at radius 2 is 2.37 bits per heavy atom. The average molecular weight is 284 g/mol. The van der Waals surface area contributed by atoms with Crippen molar-refractivity contribution in [1.29, 1.82) is 0 Å². The normalized spacial score (nSPS) is 14.6. The van der Waals surface area contributed by atoms with Crippen molar-refractivity contribution in [2.45, 2.75) is 46.1 Å². The minimum atomic E-state index is -0.265. The lowest BCUT2D eigenvalue weighted by Crippen LogP contribution is -2.33. The Hall–Kier alpha value is -1.14. The molecule has 0 spiro atoms. The molecule has 0 radical (unpaired) electrons. The molecule has 5 nitrogen and oxygen atoms in total. The highest BCUT2D eigenvalue weighted by molar-refractivity contribution is 7.09. The summed E-state index contributed by atoms with van der Waals surface area (Å²) in [5, 5.41) is 18.5. The summed E-state index contributed by atoms with van der Waals surface area (Å²) in [5.41, 5.74) is 5.40. The maximum atomic E-state index is 8.72. The monoisotopic (exact) mass is 284 g/mol. The highest BCUT2D eigenvalue weighted by atomic mass is 32.1. The quantitative estimate of drug-likeness (QED) is 0.225. The number of rotatable bonds is 8. The second-order valence-corrected chi connectivity index (χ2v) is 6.18. The first kappa shape index (κ1) is 15.9. The molecular weight excluding hydrogens is 260 g/mol. The molecule has 0 aliphatic heterocycles. The van der Waals surface area contributed by atoms with Crippen LogP contribution >= 0.6 is 11.3 Å². The van der Waals surface area contributed by atoms with Crippen molar-refractivity contribution in [3.8, 4) is 0 Å². The van der Waals surface area contributed by atoms with Crippen LogP contribution in [0.5, 0.6) is 0 Å². The van der Waals surface area contributed by atoms with Crippen LogP contribution in [0.25, 0.3) is 0 Å². The molecule has 0 bridgehead atoms. The van der Waals surface area contributed by atoms with E-state index in [0.29, 0.717) is 11.9 Å². The summed E-state index contributed by atoms with van der Waals surface area (Å²) in [6, 6.07) is 0.326. The molecule has 0 amide bonds. The lowest BCUT2D eigenvalue weighted by molar-refractivity contribution is 0.304. The van der Waals surface area contributed by atoms with E-state index >= 15 is 0 Å². The molecule has 0 saturated carbocycles. The molecule has 0 saturated heterocycles. The molecule has 6 heteroatoms. The molecule has 0 fully saturated rings. The van der Waals surface area contributed by atoms with Gasteiger partial charge in [-0.3, -0.25) is 0 Å². The molecule has 4 N–H and O–H groups in total. The summed E-state index contributed by atoms with van der Waals surface area (Å²) in [6.45, 7) is 7.03. The molecule has 0 aliphatic carbocycles. The number of amidine groups is 1. The van der Waals surface area contributed by atoms with Crippen LogP contribution in [0.2, 0.25) is 0 Å². The first-order valence-corrected chi connectivity index (χ1v) is 7.50. The lowest BCUT2D eigenvalue weighted by atomic mass is 9.86. The van der Waals surface area contributed by atoms with Crippen molar-refractivity contribution >= 4 is 17.2 Å². The topological polar surface area (TPSA) is 83.5 Å². The number of oxime groups is 1. The van der Waals surface area contributed by atoms with Crippen molar-refractivity contribution < 1.29 is 5.21 Å². The third-order valence-electron chi connectivity index (χ3n) is 3.33. The fourth-order valence-corrected chi connectivity index (χ4v) is 2.68. The Balaban J connectivity index is 2.34. The molecule has 108 valence electrons. The van der Waals surface area contributed by atoms with Crippen LogP contribution in [0.4, 0.5) is 0 Å². The summed E-state index contributed by atoms with van der Waals surface area (Å²) in [6.07, 6.45) is 4.72. The minimum absolute atomic E-state index is 0.265. The van der Waals surface area contributed by atoms with E-state index in [1.54, 1.807) is 11.3 Å². The summed E-state index contributed by atoms with van der Waals surface area (Å²) < 4.78 is 0. The number of nitrogens with one attached hydrogen (secondary N) is 1. The minimum Gasteiger partial charge on any atom is -0.409 e. The summed E-state index contributed by atoms with van der Waals surface area (Å²) in [7, 11) is 0. The van der Waals surface area contributed by atoms with Gasteiger partial charge in [0.15, 0.2) is 0 Å². The lowest BCUT2D eigenvalue weighted by Gasteiger charge is -2.23. The van der Waals surface area contributed by atoms with E-state index in [9.17, 15) is 0 Å². The van der Waals surface area contributed by atoms with Crippen LogP contribution in [-0.2, 0) is 0 Å². The highest BCUT2D eigenvalue weighted by Crippen LogP contribution is 2.23. The number of thiazole rings is 1. The number of nitrogens with zero attached hydrogens (tertiary/aromatic N) is 2. The molecule has 1 rings (SSSR count). The zero-order valence-corrected chi connectivity index (χ0v) is 12.7. The highest BCUT2D eigenvalue weighted by Gasteiger charge is 2.23. The van der Waals surface area contributed by atoms with Gasteiger partial charge in [-0.25, -0.2) is 4.98 Å². The number of aromatic nitrogens is 1. The molecular formula is C13H24N4OS. The van der Waals surface area contributed by atoms with E-state index in [4.69, 9.17) is 10.9 Å². The fourth-order valence-electron chi connectivity index (χ4n) is 1.88. The summed E-state index contributed by atoms with van der Waals surface area (Å²) in [5.74, 6) is 0.291. The number of hydrogen-bond donors (Lipinski definition) is 3. The Morgan fingerprint density at radius 3 is 2.89 bits per heavy atom. The molecule has 1 atom stereocenters. The standard InChI is InChI=1S/C13H24N4OS/c1-4-10(11-16-8-9-19-11)15-7-5-6-13(2,3)12(14)17-18/h8-10,15,18H,4-7H2,1-3H3,(H2,14,17). The van der Waals surface area contributed by atoms with E-state index in [2.05, 4.69) is 22.4 Å². The van der Waals surface area contributed by atoms with E-state index in [1.807, 2.05) is 25.4 Å². The van der Waals surface area contributed by atoms with Gasteiger partial charge in [-0.15, -0.1) is 11.3 Å². The van der Waals surface area contributed by atoms with E-state index in [1.165, 1.54) is 0 Å². The van der Waals surface area contributed by atoms with Gasteiger partial charge in [-0.2, -0.15) is 0 Å². The van der Waals surface area contributed by atoms with Crippen LogP contribution in [0.15, 0.2) is 16.7 Å². The molecule has 1 heterocycles. The maximum absolute atomic E-state index is 8.72. The van der Waals surface area contributed by atoms with Gasteiger partial charge in [0.1, 0.15) is 10.8 Å². The largest absolute Gasteiger partial charge is 0.409 e. The van der Waals surface area contributed by atoms with Gasteiger partial charge < -0.3 is 16.3 Å². The summed E-state index contributed by atoms with van der Waals surface area (Å²) >= 11 is 1.68. The maximum Gasteiger partial charge on any atom is 0.144 e. The Morgan fingerprint density at radius 1 is 1.63 bits per heavy atom. The van der Waals surface area contributed by atoms with E-state index < -0.39 is 0 Å². The van der Waals surface area contributed by atoms with Crippen molar-refractivity contribution in [3.63, 3.8) is 0 Å². The first-order chi connectivity index (χ1) is 9.01. The van der Waals surface area contributed by atoms with Gasteiger partial charge in [0.25, 0.3) is 0 Å². The van der Waals surface area contributed by atoms with Crippen molar-refractivity contribution in [2.75, 3.05) is 6.54 Å². The van der Waals surface area contributed by atoms with Gasteiger partial charge in [-0.1, -0.05) is 25.9 Å². The molecule has 0 aromatic carbocycles. The van der Waals surface area contributed by atoms with Gasteiger partial charge in [0.2, 0.25) is 0 Å². The van der Waals surface area contributed by atoms with Crippen LogP contribution in [0.1, 0.15) is 51.1 Å². The van der Waals surface area contributed by atoms with Crippen LogP contribution < -0.4 is 11.1 Å². The van der Waals surface area contributed by atoms with Gasteiger partial charge in [0.05, 0.1) is 6.04 Å². The average Bonchev–Trinajstić information content (AvgIpc) is 2.91. The van der Waals surface area contributed by atoms with Crippen LogP contribution in [0, 0.1) is 5.41 Å². The zero-order valence-electron chi connectivity index (χ0n) is 11.9. The number of nitrogens with two attached hydrogens (primary N) is 1. The fraction of sp³-hybridized carbons (Fsp3) is 0.692. The Labute approximate surface area is 118 Å².